The summed E-state index contributed by atoms with van der Waals surface area (Å²) in [5.41, 5.74) is 4.38. The molecule has 2 aromatic carbocycles. The molecule has 0 radical (unpaired) electrons. The van der Waals surface area contributed by atoms with Crippen molar-refractivity contribution < 1.29 is 9.53 Å². The fourth-order valence-electron chi connectivity index (χ4n) is 5.70. The zero-order chi connectivity index (χ0) is 24.9. The molecule has 0 spiro atoms. The smallest absolute Gasteiger partial charge is 0.272 e. The van der Waals surface area contributed by atoms with E-state index in [2.05, 4.69) is 70.2 Å². The number of carbonyl (C=O) groups excluding carboxylic acids is 1. The molecule has 1 saturated carbocycles. The van der Waals surface area contributed by atoms with Gasteiger partial charge in [-0.05, 0) is 92.9 Å². The highest BCUT2D eigenvalue weighted by Crippen LogP contribution is 2.36. The Labute approximate surface area is 215 Å². The Bertz CT molecular complexity index is 1140. The number of nitrogens with zero attached hydrogens (tertiary/aromatic N) is 3. The maximum Gasteiger partial charge on any atom is 0.272 e. The van der Waals surface area contributed by atoms with Crippen LogP contribution in [0.25, 0.3) is 0 Å². The molecule has 1 aromatic heterocycles. The molecule has 1 aliphatic carbocycles. The molecule has 3 aromatic rings. The van der Waals surface area contributed by atoms with Crippen LogP contribution in [-0.4, -0.2) is 53.0 Å². The summed E-state index contributed by atoms with van der Waals surface area (Å²) >= 11 is 0. The number of rotatable bonds is 9. The zero-order valence-corrected chi connectivity index (χ0v) is 21.5. The van der Waals surface area contributed by atoms with E-state index in [-0.39, 0.29) is 11.9 Å². The van der Waals surface area contributed by atoms with Crippen LogP contribution in [0, 0.1) is 12.8 Å². The molecule has 1 aliphatic heterocycles. The van der Waals surface area contributed by atoms with Crippen LogP contribution < -0.4 is 4.74 Å². The highest BCUT2D eigenvalue weighted by molar-refractivity contribution is 5.93. The standard InChI is InChI=1S/C31H37N3O2/c1-23-20-25(11-14-30(23)36-2)22-33-18-15-26(16-19-33)29(21-24-8-4-3-5-9-24)34(27-12-13-27)31(35)28-10-6-7-17-32-28/h3-11,14,17,20,26-27,29H,12-13,15-16,18-19,21-22H2,1-2H3/t29-/m1/s1. The van der Waals surface area contributed by atoms with Gasteiger partial charge in [-0.15, -0.1) is 0 Å². The van der Waals surface area contributed by atoms with Crippen molar-refractivity contribution in [2.45, 2.75) is 57.7 Å². The number of piperidine rings is 1. The fourth-order valence-corrected chi connectivity index (χ4v) is 5.70. The second-order valence-corrected chi connectivity index (χ2v) is 10.3. The number of hydrogen-bond acceptors (Lipinski definition) is 4. The molecule has 5 rings (SSSR count). The van der Waals surface area contributed by atoms with Gasteiger partial charge in [0.05, 0.1) is 7.11 Å². The predicted molar refractivity (Wildman–Crippen MR) is 143 cm³/mol. The van der Waals surface area contributed by atoms with Crippen LogP contribution in [0.15, 0.2) is 72.9 Å². The lowest BCUT2D eigenvalue weighted by Gasteiger charge is -2.42. The van der Waals surface area contributed by atoms with Crippen LogP contribution in [0.2, 0.25) is 0 Å². The van der Waals surface area contributed by atoms with Gasteiger partial charge in [0.15, 0.2) is 0 Å². The van der Waals surface area contributed by atoms with Gasteiger partial charge in [0, 0.05) is 24.8 Å². The largest absolute Gasteiger partial charge is 0.496 e. The molecule has 5 heteroatoms. The number of methoxy groups -OCH3 is 1. The van der Waals surface area contributed by atoms with Crippen molar-refractivity contribution in [3.63, 3.8) is 0 Å². The molecule has 2 aliphatic rings. The van der Waals surface area contributed by atoms with Crippen LogP contribution in [0.4, 0.5) is 0 Å². The SMILES string of the molecule is COc1ccc(CN2CCC([C@@H](Cc3ccccc3)N(C(=O)c3ccccn3)C3CC3)CC2)cc1C. The van der Waals surface area contributed by atoms with E-state index < -0.39 is 0 Å². The number of pyridine rings is 1. The first-order valence-electron chi connectivity index (χ1n) is 13.3. The Morgan fingerprint density at radius 1 is 1.00 bits per heavy atom. The van der Waals surface area contributed by atoms with E-state index in [1.54, 1.807) is 13.3 Å². The number of amides is 1. The van der Waals surface area contributed by atoms with Gasteiger partial charge in [0.25, 0.3) is 5.91 Å². The number of aromatic nitrogens is 1. The topological polar surface area (TPSA) is 45.7 Å². The minimum atomic E-state index is 0.0927. The van der Waals surface area contributed by atoms with E-state index in [0.717, 1.165) is 57.5 Å². The summed E-state index contributed by atoms with van der Waals surface area (Å²) < 4.78 is 5.43. The van der Waals surface area contributed by atoms with Crippen LogP contribution in [0.5, 0.6) is 5.75 Å². The highest BCUT2D eigenvalue weighted by atomic mass is 16.5. The van der Waals surface area contributed by atoms with Crippen LogP contribution in [0.1, 0.15) is 52.9 Å². The summed E-state index contributed by atoms with van der Waals surface area (Å²) in [6, 6.07) is 23.3. The van der Waals surface area contributed by atoms with Gasteiger partial charge in [-0.3, -0.25) is 14.7 Å². The maximum atomic E-state index is 13.7. The second-order valence-electron chi connectivity index (χ2n) is 10.3. The summed E-state index contributed by atoms with van der Waals surface area (Å²) in [7, 11) is 1.72. The van der Waals surface area contributed by atoms with E-state index in [4.69, 9.17) is 4.74 Å². The number of aryl methyl sites for hydroxylation is 1. The van der Waals surface area contributed by atoms with Crippen molar-refractivity contribution >= 4 is 5.91 Å². The van der Waals surface area contributed by atoms with E-state index >= 15 is 0 Å². The molecule has 1 saturated heterocycles. The molecule has 36 heavy (non-hydrogen) atoms. The maximum absolute atomic E-state index is 13.7. The normalized spacial score (nSPS) is 17.5. The molecule has 0 N–H and O–H groups in total. The Morgan fingerprint density at radius 2 is 1.75 bits per heavy atom. The zero-order valence-electron chi connectivity index (χ0n) is 21.5. The average molecular weight is 484 g/mol. The lowest BCUT2D eigenvalue weighted by Crippen LogP contribution is -2.50. The summed E-state index contributed by atoms with van der Waals surface area (Å²) in [6.07, 6.45) is 7.03. The molecule has 0 bridgehead atoms. The molecule has 2 fully saturated rings. The van der Waals surface area contributed by atoms with Gasteiger partial charge in [-0.2, -0.15) is 0 Å². The molecule has 1 atom stereocenters. The second kappa shape index (κ2) is 11.3. The van der Waals surface area contributed by atoms with E-state index in [0.29, 0.717) is 17.7 Å². The lowest BCUT2D eigenvalue weighted by atomic mass is 9.84. The third-order valence-corrected chi connectivity index (χ3v) is 7.75. The fraction of sp³-hybridized carbons (Fsp3) is 0.419. The third-order valence-electron chi connectivity index (χ3n) is 7.75. The van der Waals surface area contributed by atoms with Gasteiger partial charge in [0.2, 0.25) is 0 Å². The first-order chi connectivity index (χ1) is 17.6. The Kier molecular flexibility index (Phi) is 7.66. The van der Waals surface area contributed by atoms with E-state index in [1.165, 1.54) is 16.7 Å². The first-order valence-corrected chi connectivity index (χ1v) is 13.3. The molecular weight excluding hydrogens is 446 g/mol. The van der Waals surface area contributed by atoms with Gasteiger partial charge in [0.1, 0.15) is 11.4 Å². The van der Waals surface area contributed by atoms with Crippen molar-refractivity contribution in [1.82, 2.24) is 14.8 Å². The number of likely N-dealkylation sites (tertiary alicyclic amines) is 1. The molecule has 0 unspecified atom stereocenters. The number of carbonyl (C=O) groups is 1. The number of hydrogen-bond donors (Lipinski definition) is 0. The predicted octanol–water partition coefficient (Wildman–Crippen LogP) is 5.53. The van der Waals surface area contributed by atoms with Crippen molar-refractivity contribution in [1.29, 1.82) is 0 Å². The number of ether oxygens (including phenoxy) is 1. The highest BCUT2D eigenvalue weighted by Gasteiger charge is 2.42. The Morgan fingerprint density at radius 3 is 2.39 bits per heavy atom. The Hall–Kier alpha value is -3.18. The van der Waals surface area contributed by atoms with Crippen molar-refractivity contribution in [2.24, 2.45) is 5.92 Å². The molecule has 1 amide bonds. The van der Waals surface area contributed by atoms with Crippen LogP contribution in [-0.2, 0) is 13.0 Å². The quantitative estimate of drug-likeness (QED) is 0.402. The molecule has 5 nitrogen and oxygen atoms in total. The van der Waals surface area contributed by atoms with Crippen LogP contribution >= 0.6 is 0 Å². The van der Waals surface area contributed by atoms with Crippen molar-refractivity contribution in [3.05, 3.63) is 95.3 Å². The summed E-state index contributed by atoms with van der Waals surface area (Å²) in [6.45, 7) is 5.17. The van der Waals surface area contributed by atoms with Crippen LogP contribution in [0.3, 0.4) is 0 Å². The van der Waals surface area contributed by atoms with Gasteiger partial charge < -0.3 is 9.64 Å². The summed E-state index contributed by atoms with van der Waals surface area (Å²) in [5.74, 6) is 1.52. The van der Waals surface area contributed by atoms with Gasteiger partial charge in [-0.25, -0.2) is 0 Å². The van der Waals surface area contributed by atoms with E-state index in [1.807, 2.05) is 18.2 Å². The molecule has 188 valence electrons. The first kappa shape index (κ1) is 24.5. The summed E-state index contributed by atoms with van der Waals surface area (Å²) in [4.78, 5) is 22.9. The number of benzene rings is 2. The summed E-state index contributed by atoms with van der Waals surface area (Å²) in [5, 5.41) is 0. The van der Waals surface area contributed by atoms with Gasteiger partial charge >= 0.3 is 0 Å². The monoisotopic (exact) mass is 483 g/mol. The third kappa shape index (κ3) is 5.79. The average Bonchev–Trinajstić information content (AvgIpc) is 3.75. The molecular formula is C31H37N3O2. The minimum Gasteiger partial charge on any atom is -0.496 e. The van der Waals surface area contributed by atoms with Gasteiger partial charge in [-0.1, -0.05) is 48.5 Å². The molecule has 2 heterocycles. The van der Waals surface area contributed by atoms with Crippen molar-refractivity contribution in [3.8, 4) is 5.75 Å². The van der Waals surface area contributed by atoms with E-state index in [9.17, 15) is 4.79 Å². The van der Waals surface area contributed by atoms with Crippen molar-refractivity contribution in [2.75, 3.05) is 20.2 Å². The lowest BCUT2D eigenvalue weighted by molar-refractivity contribution is 0.0477. The minimum absolute atomic E-state index is 0.0927. The Balaban J connectivity index is 1.32.